The maximum atomic E-state index is 11.5. The zero-order valence-electron chi connectivity index (χ0n) is 12.1. The van der Waals surface area contributed by atoms with E-state index in [0.29, 0.717) is 11.3 Å². The third-order valence-corrected chi connectivity index (χ3v) is 4.19. The van der Waals surface area contributed by atoms with Crippen molar-refractivity contribution in [1.29, 1.82) is 0 Å². The molecule has 1 heterocycles. The summed E-state index contributed by atoms with van der Waals surface area (Å²) in [5.41, 5.74) is 2.30. The van der Waals surface area contributed by atoms with E-state index in [2.05, 4.69) is 0 Å². The second kappa shape index (κ2) is 5.57. The number of halogens is 1. The topological polar surface area (TPSA) is 39.4 Å². The Morgan fingerprint density at radius 2 is 2.19 bits per heavy atom. The van der Waals surface area contributed by atoms with Crippen molar-refractivity contribution in [2.75, 3.05) is 0 Å². The van der Waals surface area contributed by atoms with Crippen LogP contribution in [0.4, 0.5) is 0 Å². The van der Waals surface area contributed by atoms with Crippen LogP contribution in [0.1, 0.15) is 31.7 Å². The molecule has 0 spiro atoms. The number of fused-ring (bicyclic) bond motifs is 1. The minimum absolute atomic E-state index is 0.0245. The summed E-state index contributed by atoms with van der Waals surface area (Å²) >= 11 is 6.12. The molecule has 0 N–H and O–H groups in total. The van der Waals surface area contributed by atoms with Gasteiger partial charge in [-0.3, -0.25) is 0 Å². The first kappa shape index (κ1) is 14.2. The second-order valence-corrected chi connectivity index (χ2v) is 6.03. The molecule has 21 heavy (non-hydrogen) atoms. The maximum Gasteiger partial charge on any atom is 0.336 e. The minimum atomic E-state index is -0.338. The molecule has 3 nitrogen and oxygen atoms in total. The fraction of sp³-hybridized carbons (Fsp3) is 0.353. The largest absolute Gasteiger partial charge is 0.486 e. The van der Waals surface area contributed by atoms with Crippen molar-refractivity contribution in [3.05, 3.63) is 50.9 Å². The van der Waals surface area contributed by atoms with Crippen molar-refractivity contribution in [3.8, 4) is 5.75 Å². The van der Waals surface area contributed by atoms with Gasteiger partial charge in [0.1, 0.15) is 17.4 Å². The van der Waals surface area contributed by atoms with Crippen LogP contribution in [0.5, 0.6) is 5.75 Å². The Hall–Kier alpha value is -1.74. The highest BCUT2D eigenvalue weighted by molar-refractivity contribution is 6.29. The van der Waals surface area contributed by atoms with E-state index in [1.54, 1.807) is 6.07 Å². The number of hydrogen-bond donors (Lipinski definition) is 0. The predicted molar refractivity (Wildman–Crippen MR) is 84.0 cm³/mol. The molecule has 4 heteroatoms. The SMILES string of the molecule is C/C(Cl)=C1\CCC[C@H]1Oc1ccc2c(C)cc(=O)oc2c1. The van der Waals surface area contributed by atoms with E-state index in [4.69, 9.17) is 20.8 Å². The number of hydrogen-bond acceptors (Lipinski definition) is 3. The molecule has 0 radical (unpaired) electrons. The molecule has 2 aromatic rings. The maximum absolute atomic E-state index is 11.5. The van der Waals surface area contributed by atoms with Gasteiger partial charge >= 0.3 is 5.63 Å². The van der Waals surface area contributed by atoms with E-state index in [1.807, 2.05) is 26.0 Å². The number of allylic oxidation sites excluding steroid dienone is 1. The lowest BCUT2D eigenvalue weighted by atomic mass is 10.1. The van der Waals surface area contributed by atoms with Gasteiger partial charge in [-0.05, 0) is 56.4 Å². The van der Waals surface area contributed by atoms with Gasteiger partial charge in [-0.15, -0.1) is 0 Å². The van der Waals surface area contributed by atoms with Crippen molar-refractivity contribution in [3.63, 3.8) is 0 Å². The predicted octanol–water partition coefficient (Wildman–Crippen LogP) is 4.55. The van der Waals surface area contributed by atoms with Gasteiger partial charge in [-0.1, -0.05) is 11.6 Å². The Kier molecular flexibility index (Phi) is 3.77. The van der Waals surface area contributed by atoms with E-state index in [1.165, 1.54) is 11.6 Å². The smallest absolute Gasteiger partial charge is 0.336 e. The molecule has 0 bridgehead atoms. The van der Waals surface area contributed by atoms with Crippen molar-refractivity contribution in [1.82, 2.24) is 0 Å². The molecule has 110 valence electrons. The standard InChI is InChI=1S/C17H17ClO3/c1-10-8-17(19)21-16-9-12(6-7-13(10)16)20-15-5-3-4-14(15)11(2)18/h6-9,15H,3-5H2,1-2H3/b14-11-/t15-/m1/s1. The Morgan fingerprint density at radius 3 is 2.95 bits per heavy atom. The third-order valence-electron chi connectivity index (χ3n) is 3.94. The lowest BCUT2D eigenvalue weighted by Crippen LogP contribution is -2.14. The molecule has 1 atom stereocenters. The van der Waals surface area contributed by atoms with Gasteiger partial charge in [0.2, 0.25) is 0 Å². The van der Waals surface area contributed by atoms with E-state index in [-0.39, 0.29) is 11.7 Å². The molecule has 1 fully saturated rings. The Balaban J connectivity index is 1.95. The molecule has 1 aromatic carbocycles. The summed E-state index contributed by atoms with van der Waals surface area (Å²) in [4.78, 5) is 11.5. The van der Waals surface area contributed by atoms with Gasteiger partial charge in [0.25, 0.3) is 0 Å². The van der Waals surface area contributed by atoms with Crippen LogP contribution < -0.4 is 10.4 Å². The first-order chi connectivity index (χ1) is 10.0. The first-order valence-corrected chi connectivity index (χ1v) is 7.49. The van der Waals surface area contributed by atoms with Crippen LogP contribution in [0.2, 0.25) is 0 Å². The normalized spacial score (nSPS) is 20.8. The van der Waals surface area contributed by atoms with Crippen LogP contribution in [-0.2, 0) is 0 Å². The van der Waals surface area contributed by atoms with Crippen LogP contribution in [0.25, 0.3) is 11.0 Å². The summed E-state index contributed by atoms with van der Waals surface area (Å²) in [6.45, 7) is 3.80. The molecule has 0 saturated heterocycles. The molecular weight excluding hydrogens is 288 g/mol. The summed E-state index contributed by atoms with van der Waals surface area (Å²) in [5, 5.41) is 1.75. The van der Waals surface area contributed by atoms with Gasteiger partial charge in [0.05, 0.1) is 0 Å². The van der Waals surface area contributed by atoms with Crippen molar-refractivity contribution < 1.29 is 9.15 Å². The summed E-state index contributed by atoms with van der Waals surface area (Å²) in [6.07, 6.45) is 3.07. The van der Waals surface area contributed by atoms with E-state index in [0.717, 1.165) is 35.2 Å². The Morgan fingerprint density at radius 1 is 1.38 bits per heavy atom. The van der Waals surface area contributed by atoms with Crippen LogP contribution in [-0.4, -0.2) is 6.10 Å². The lowest BCUT2D eigenvalue weighted by molar-refractivity contribution is 0.243. The summed E-state index contributed by atoms with van der Waals surface area (Å²) in [5.74, 6) is 0.707. The molecule has 0 aliphatic heterocycles. The highest BCUT2D eigenvalue weighted by atomic mass is 35.5. The molecule has 1 aliphatic carbocycles. The highest BCUT2D eigenvalue weighted by Crippen LogP contribution is 2.33. The lowest BCUT2D eigenvalue weighted by Gasteiger charge is -2.16. The first-order valence-electron chi connectivity index (χ1n) is 7.11. The van der Waals surface area contributed by atoms with Gasteiger partial charge in [-0.2, -0.15) is 0 Å². The van der Waals surface area contributed by atoms with Crippen molar-refractivity contribution in [2.45, 2.75) is 39.2 Å². The summed E-state index contributed by atoms with van der Waals surface area (Å²) in [6, 6.07) is 7.12. The average Bonchev–Trinajstić information content (AvgIpc) is 2.86. The van der Waals surface area contributed by atoms with Gasteiger partial charge in [0.15, 0.2) is 0 Å². The molecule has 0 amide bonds. The molecule has 1 aromatic heterocycles. The second-order valence-electron chi connectivity index (χ2n) is 5.46. The number of rotatable bonds is 2. The molecule has 3 rings (SSSR count). The fourth-order valence-electron chi connectivity index (χ4n) is 2.88. The average molecular weight is 305 g/mol. The minimum Gasteiger partial charge on any atom is -0.486 e. The quantitative estimate of drug-likeness (QED) is 0.764. The third kappa shape index (κ3) is 2.84. The Bertz CT molecular complexity index is 769. The fourth-order valence-corrected chi connectivity index (χ4v) is 3.10. The molecule has 1 aliphatic rings. The van der Waals surface area contributed by atoms with Crippen LogP contribution in [0.3, 0.4) is 0 Å². The Labute approximate surface area is 128 Å². The van der Waals surface area contributed by atoms with E-state index < -0.39 is 0 Å². The van der Waals surface area contributed by atoms with Gasteiger partial charge in [-0.25, -0.2) is 4.79 Å². The molecule has 0 unspecified atom stereocenters. The van der Waals surface area contributed by atoms with Crippen molar-refractivity contribution in [2.24, 2.45) is 0 Å². The monoisotopic (exact) mass is 304 g/mol. The van der Waals surface area contributed by atoms with Gasteiger partial charge < -0.3 is 9.15 Å². The highest BCUT2D eigenvalue weighted by Gasteiger charge is 2.24. The molecule has 1 saturated carbocycles. The van der Waals surface area contributed by atoms with E-state index in [9.17, 15) is 4.79 Å². The number of ether oxygens (including phenoxy) is 1. The van der Waals surface area contributed by atoms with Crippen molar-refractivity contribution >= 4 is 22.6 Å². The summed E-state index contributed by atoms with van der Waals surface area (Å²) in [7, 11) is 0. The van der Waals surface area contributed by atoms with Gasteiger partial charge in [0, 0.05) is 22.6 Å². The van der Waals surface area contributed by atoms with Crippen LogP contribution >= 0.6 is 11.6 Å². The summed E-state index contributed by atoms with van der Waals surface area (Å²) < 4.78 is 11.3. The van der Waals surface area contributed by atoms with Crippen LogP contribution in [0, 0.1) is 6.92 Å². The number of aryl methyl sites for hydroxylation is 1. The number of benzene rings is 1. The van der Waals surface area contributed by atoms with Crippen LogP contribution in [0.15, 0.2) is 44.1 Å². The van der Waals surface area contributed by atoms with E-state index >= 15 is 0 Å². The zero-order valence-corrected chi connectivity index (χ0v) is 12.9. The zero-order chi connectivity index (χ0) is 15.0. The molecular formula is C17H17ClO3.